The molecule has 4 aromatic carbocycles. The molecule has 7 aromatic rings. The summed E-state index contributed by atoms with van der Waals surface area (Å²) in [6.45, 7) is 12.7. The first-order chi connectivity index (χ1) is 35.7. The number of piperidine rings is 1. The number of anilines is 3. The zero-order valence-corrected chi connectivity index (χ0v) is 43.3. The summed E-state index contributed by atoms with van der Waals surface area (Å²) in [5.41, 5.74) is 8.71. The van der Waals surface area contributed by atoms with Crippen LogP contribution in [0.25, 0.3) is 32.2 Å². The number of amides is 3. The highest BCUT2D eigenvalue weighted by Crippen LogP contribution is 2.40. The van der Waals surface area contributed by atoms with Crippen LogP contribution in [-0.4, -0.2) is 98.8 Å². The highest BCUT2D eigenvalue weighted by Gasteiger charge is 2.35. The monoisotopic (exact) mass is 1010 g/mol. The Bertz CT molecular complexity index is 3280. The minimum absolute atomic E-state index is 0.0162. The molecule has 15 nitrogen and oxygen atoms in total. The van der Waals surface area contributed by atoms with Crippen LogP contribution in [0.5, 0.6) is 5.75 Å². The van der Waals surface area contributed by atoms with Gasteiger partial charge in [0, 0.05) is 75.8 Å². The van der Waals surface area contributed by atoms with Crippen molar-refractivity contribution in [2.75, 3.05) is 54.4 Å². The Balaban J connectivity index is 0.673. The van der Waals surface area contributed by atoms with Gasteiger partial charge >= 0.3 is 5.97 Å². The zero-order valence-electron chi connectivity index (χ0n) is 42.5. The maximum Gasteiger partial charge on any atom is 0.355 e. The van der Waals surface area contributed by atoms with Crippen molar-refractivity contribution in [1.29, 1.82) is 0 Å². The molecule has 1 unspecified atom stereocenters. The third-order valence-corrected chi connectivity index (χ3v) is 16.6. The van der Waals surface area contributed by atoms with E-state index in [1.165, 1.54) is 17.8 Å². The number of nitrogens with one attached hydrogen (secondary N) is 2. The third-order valence-electron chi connectivity index (χ3n) is 15.7. The molecule has 6 heterocycles. The van der Waals surface area contributed by atoms with E-state index in [9.17, 15) is 24.3 Å². The van der Waals surface area contributed by atoms with E-state index in [-0.39, 0.29) is 34.9 Å². The Morgan fingerprint density at radius 3 is 2.41 bits per heavy atom. The molecule has 3 fully saturated rings. The van der Waals surface area contributed by atoms with Gasteiger partial charge in [0.05, 0.1) is 39.1 Å². The number of para-hydroxylation sites is 2. The second-order valence-electron chi connectivity index (χ2n) is 21.5. The summed E-state index contributed by atoms with van der Waals surface area (Å²) in [4.78, 5) is 67.5. The van der Waals surface area contributed by atoms with Crippen molar-refractivity contribution in [2.45, 2.75) is 90.7 Å². The molecular weight excluding hydrogens is 951 g/mol. The summed E-state index contributed by atoms with van der Waals surface area (Å²) in [5.74, 6) is -0.251. The molecule has 11 rings (SSSR count). The highest BCUT2D eigenvalue weighted by molar-refractivity contribution is 7.22. The summed E-state index contributed by atoms with van der Waals surface area (Å²) in [6, 6.07) is 29.5. The van der Waals surface area contributed by atoms with Gasteiger partial charge in [0.25, 0.3) is 5.91 Å². The summed E-state index contributed by atoms with van der Waals surface area (Å²) >= 11 is 1.44. The lowest BCUT2D eigenvalue weighted by molar-refractivity contribution is -0.134. The number of imide groups is 1. The molecule has 1 aliphatic carbocycles. The van der Waals surface area contributed by atoms with E-state index in [4.69, 9.17) is 14.8 Å². The number of fused-ring (bicyclic) bond motifs is 3. The smallest absolute Gasteiger partial charge is 0.355 e. The predicted octanol–water partition coefficient (Wildman–Crippen LogP) is 9.76. The maximum atomic E-state index is 13.7. The summed E-state index contributed by atoms with van der Waals surface area (Å²) < 4.78 is 9.51. The Morgan fingerprint density at radius 2 is 1.64 bits per heavy atom. The molecule has 3 amide bonds. The summed E-state index contributed by atoms with van der Waals surface area (Å²) in [5, 5.41) is 22.3. The fraction of sp³-hybridized carbons (Fsp3) is 0.397. The second-order valence-corrected chi connectivity index (χ2v) is 22.5. The fourth-order valence-electron chi connectivity index (χ4n) is 12.2. The van der Waals surface area contributed by atoms with Crippen molar-refractivity contribution in [3.05, 3.63) is 125 Å². The molecule has 3 aliphatic heterocycles. The van der Waals surface area contributed by atoms with Crippen molar-refractivity contribution < 1.29 is 29.0 Å². The lowest BCUT2D eigenvalue weighted by Gasteiger charge is -2.41. The SMILES string of the molecule is Cc1cc(OC2CCC(CC(C)(C)CN3CCN(c4cccc5c(C6CCC(=O)NC6=O)nn(C)c45)CC3)CC2)ccc1-c1ccc(N2CCc3cccc(C(=O)Nc4nc5ccccc5s4)c3C2)nc1C(=O)O. The van der Waals surface area contributed by atoms with Crippen LogP contribution in [0.4, 0.5) is 16.6 Å². The van der Waals surface area contributed by atoms with Gasteiger partial charge in [0.15, 0.2) is 10.8 Å². The number of carboxylic acids is 1. The molecule has 1 atom stereocenters. The Hall–Kier alpha value is -7.17. The standard InChI is InChI=1S/C58H63N9O6S/c1-35-31-39(19-20-40(35)41-21-23-49(60-52(41)56(71)72)67-26-25-37-9-7-10-42(45(37)33-67)54(69)62-57-59-46-12-5-6-14-48(46)74-57)73-38-17-15-36(16-18-38)32-58(2,3)34-65-27-29-66(30-28-65)47-13-8-11-43-51(63-64(4)53(43)47)44-22-24-50(68)61-55(44)70/h5-14,19-21,23,31,36,38,44H,15-18,22,24-30,32-34H2,1-4H3,(H,71,72)(H,59,62,69)(H,61,68,70). The van der Waals surface area contributed by atoms with E-state index in [1.54, 1.807) is 0 Å². The minimum atomic E-state index is -1.10. The lowest BCUT2D eigenvalue weighted by Crippen LogP contribution is -2.49. The first kappa shape index (κ1) is 49.1. The molecule has 1 saturated carbocycles. The molecule has 0 bridgehead atoms. The van der Waals surface area contributed by atoms with Crippen LogP contribution in [0.1, 0.15) is 108 Å². The molecular formula is C58H63N9O6S. The Kier molecular flexibility index (Phi) is 13.4. The summed E-state index contributed by atoms with van der Waals surface area (Å²) in [7, 11) is 1.94. The van der Waals surface area contributed by atoms with Crippen LogP contribution >= 0.6 is 11.3 Å². The van der Waals surface area contributed by atoms with Gasteiger partial charge in [-0.1, -0.05) is 67.6 Å². The second kappa shape index (κ2) is 20.3. The van der Waals surface area contributed by atoms with Crippen LogP contribution in [0, 0.1) is 18.3 Å². The molecule has 382 valence electrons. The molecule has 2 saturated heterocycles. The number of pyridine rings is 1. The van der Waals surface area contributed by atoms with Crippen molar-refractivity contribution in [2.24, 2.45) is 18.4 Å². The Labute approximate surface area is 434 Å². The van der Waals surface area contributed by atoms with E-state index in [1.807, 2.05) is 102 Å². The van der Waals surface area contributed by atoms with E-state index in [2.05, 4.69) is 51.4 Å². The number of aromatic carboxylic acids is 1. The average molecular weight is 1010 g/mol. The number of nitrogens with zero attached hydrogens (tertiary/aromatic N) is 7. The molecule has 3 aromatic heterocycles. The normalized spacial score (nSPS) is 19.6. The van der Waals surface area contributed by atoms with Gasteiger partial charge in [-0.05, 0) is 134 Å². The molecule has 3 N–H and O–H groups in total. The number of hydrogen-bond acceptors (Lipinski definition) is 12. The van der Waals surface area contributed by atoms with Crippen molar-refractivity contribution >= 4 is 72.8 Å². The zero-order chi connectivity index (χ0) is 51.3. The molecule has 4 aliphatic rings. The number of aryl methyl sites for hydroxylation is 2. The van der Waals surface area contributed by atoms with Gasteiger partial charge in [-0.2, -0.15) is 5.10 Å². The average Bonchev–Trinajstić information content (AvgIpc) is 3.96. The number of aromatic nitrogens is 4. The number of piperazine rings is 1. The van der Waals surface area contributed by atoms with E-state index in [0.717, 1.165) is 119 Å². The minimum Gasteiger partial charge on any atom is -0.490 e. The fourth-order valence-corrected chi connectivity index (χ4v) is 13.0. The number of carbonyl (C=O) groups excluding carboxylic acids is 3. The topological polar surface area (TPSA) is 175 Å². The molecule has 0 spiro atoms. The van der Waals surface area contributed by atoms with Crippen LogP contribution in [0.15, 0.2) is 91.0 Å². The molecule has 0 radical (unpaired) electrons. The van der Waals surface area contributed by atoms with Crippen LogP contribution in [-0.2, 0) is 29.6 Å². The Morgan fingerprint density at radius 1 is 0.851 bits per heavy atom. The van der Waals surface area contributed by atoms with Gasteiger partial charge in [-0.15, -0.1) is 0 Å². The van der Waals surface area contributed by atoms with Gasteiger partial charge < -0.3 is 19.6 Å². The van der Waals surface area contributed by atoms with Crippen molar-refractivity contribution in [1.82, 2.24) is 30.0 Å². The molecule has 74 heavy (non-hydrogen) atoms. The maximum absolute atomic E-state index is 13.7. The van der Waals surface area contributed by atoms with Crippen LogP contribution in [0.3, 0.4) is 0 Å². The third kappa shape index (κ3) is 10.1. The quantitative estimate of drug-likeness (QED) is 0.0935. The van der Waals surface area contributed by atoms with Gasteiger partial charge in [0.2, 0.25) is 11.8 Å². The van der Waals surface area contributed by atoms with Gasteiger partial charge in [-0.25, -0.2) is 14.8 Å². The van der Waals surface area contributed by atoms with Gasteiger partial charge in [0.1, 0.15) is 11.6 Å². The molecule has 16 heteroatoms. The number of rotatable bonds is 13. The first-order valence-corrected chi connectivity index (χ1v) is 26.9. The van der Waals surface area contributed by atoms with Crippen molar-refractivity contribution in [3.8, 4) is 16.9 Å². The number of carbonyl (C=O) groups is 4. The predicted molar refractivity (Wildman–Crippen MR) is 289 cm³/mol. The lowest BCUT2D eigenvalue weighted by atomic mass is 9.75. The summed E-state index contributed by atoms with van der Waals surface area (Å²) in [6.07, 6.45) is 7.02. The largest absolute Gasteiger partial charge is 0.490 e. The van der Waals surface area contributed by atoms with Gasteiger partial charge in [-0.3, -0.25) is 34.6 Å². The van der Waals surface area contributed by atoms with E-state index >= 15 is 0 Å². The number of ether oxygens (including phenoxy) is 1. The highest BCUT2D eigenvalue weighted by atomic mass is 32.1. The number of carboxylic acid groups (broad SMARTS) is 1. The van der Waals surface area contributed by atoms with Crippen LogP contribution in [0.2, 0.25) is 0 Å². The van der Waals surface area contributed by atoms with E-state index < -0.39 is 11.9 Å². The number of hydrogen-bond donors (Lipinski definition) is 3. The van der Waals surface area contributed by atoms with Crippen LogP contribution < -0.4 is 25.2 Å². The first-order valence-electron chi connectivity index (χ1n) is 26.0. The van der Waals surface area contributed by atoms with E-state index in [0.29, 0.717) is 60.3 Å². The number of thiazole rings is 1. The number of benzene rings is 4. The van der Waals surface area contributed by atoms with Crippen molar-refractivity contribution in [3.63, 3.8) is 0 Å².